The molecule has 9 heteroatoms. The molecule has 0 atom stereocenters. The molecule has 1 spiro atoms. The maximum absolute atomic E-state index is 15.6. The number of rotatable bonds is 3. The van der Waals surface area contributed by atoms with Crippen molar-refractivity contribution in [1.29, 1.82) is 0 Å². The Bertz CT molecular complexity index is 1210. The monoisotopic (exact) mass is 573 g/mol. The second-order valence-electron chi connectivity index (χ2n) is 12.0. The van der Waals surface area contributed by atoms with Crippen LogP contribution in [0.3, 0.4) is 0 Å². The maximum Gasteiger partial charge on any atom is 0.410 e. The van der Waals surface area contributed by atoms with Crippen molar-refractivity contribution in [2.24, 2.45) is 5.41 Å². The van der Waals surface area contributed by atoms with E-state index in [9.17, 15) is 4.79 Å². The van der Waals surface area contributed by atoms with Gasteiger partial charge in [-0.25, -0.2) is 19.2 Å². The fraction of sp³-hybridized carbons (Fsp3) is 0.607. The molecule has 5 rings (SSSR count). The predicted octanol–water partition coefficient (Wildman–Crippen LogP) is 5.82. The zero-order valence-corrected chi connectivity index (χ0v) is 23.9. The van der Waals surface area contributed by atoms with Gasteiger partial charge in [-0.2, -0.15) is 0 Å². The number of piperidine rings is 2. The summed E-state index contributed by atoms with van der Waals surface area (Å²) in [5, 5.41) is 0.729. The predicted molar refractivity (Wildman–Crippen MR) is 148 cm³/mol. The molecular formula is C28H37BrFN5O2. The summed E-state index contributed by atoms with van der Waals surface area (Å²) >= 11 is 3.41. The van der Waals surface area contributed by atoms with E-state index < -0.39 is 5.60 Å². The molecule has 2 aromatic rings. The van der Waals surface area contributed by atoms with Crippen molar-refractivity contribution in [3.8, 4) is 0 Å². The van der Waals surface area contributed by atoms with Gasteiger partial charge in [0.05, 0.1) is 4.47 Å². The molecule has 0 unspecified atom stereocenters. The molecule has 0 N–H and O–H groups in total. The highest BCUT2D eigenvalue weighted by atomic mass is 79.9. The van der Waals surface area contributed by atoms with Crippen LogP contribution in [0.4, 0.5) is 15.0 Å². The molecule has 0 saturated carbocycles. The molecule has 0 bridgehead atoms. The summed E-state index contributed by atoms with van der Waals surface area (Å²) in [5.41, 5.74) is 0.698. The second kappa shape index (κ2) is 9.80. The van der Waals surface area contributed by atoms with Crippen LogP contribution in [0.15, 0.2) is 17.1 Å². The Labute approximate surface area is 227 Å². The van der Waals surface area contributed by atoms with Crippen molar-refractivity contribution in [3.05, 3.63) is 34.3 Å². The Morgan fingerprint density at radius 3 is 2.43 bits per heavy atom. The van der Waals surface area contributed by atoms with Gasteiger partial charge in [0, 0.05) is 42.9 Å². The summed E-state index contributed by atoms with van der Waals surface area (Å²) in [4.78, 5) is 28.7. The van der Waals surface area contributed by atoms with Crippen molar-refractivity contribution >= 4 is 44.8 Å². The minimum Gasteiger partial charge on any atom is -0.444 e. The fourth-order valence-electron chi connectivity index (χ4n) is 5.79. The number of fused-ring (bicyclic) bond motifs is 1. The third-order valence-electron chi connectivity index (χ3n) is 8.03. The first-order valence-electron chi connectivity index (χ1n) is 13.2. The summed E-state index contributed by atoms with van der Waals surface area (Å²) in [6.07, 6.45) is 5.27. The van der Waals surface area contributed by atoms with Gasteiger partial charge in [-0.05, 0) is 94.2 Å². The van der Waals surface area contributed by atoms with Crippen LogP contribution < -0.4 is 4.90 Å². The third-order valence-corrected chi connectivity index (χ3v) is 8.83. The number of amides is 1. The maximum atomic E-state index is 15.6. The number of hydrogen-bond donors (Lipinski definition) is 0. The lowest BCUT2D eigenvalue weighted by atomic mass is 9.72. The molecule has 3 saturated heterocycles. The van der Waals surface area contributed by atoms with Crippen LogP contribution in [0, 0.1) is 11.2 Å². The summed E-state index contributed by atoms with van der Waals surface area (Å²) in [7, 11) is 2.13. The van der Waals surface area contributed by atoms with E-state index in [1.54, 1.807) is 6.08 Å². The van der Waals surface area contributed by atoms with E-state index in [1.165, 1.54) is 0 Å². The van der Waals surface area contributed by atoms with Gasteiger partial charge in [0.15, 0.2) is 5.82 Å². The third kappa shape index (κ3) is 5.21. The van der Waals surface area contributed by atoms with Crippen LogP contribution in [0.25, 0.3) is 17.0 Å². The van der Waals surface area contributed by atoms with E-state index in [-0.39, 0.29) is 23.2 Å². The SMILES string of the molecule is C=Cc1cc2c(N3CCC4(CC3)CN(C(=O)OC(C)(C)C)C4)nc(C3CCN(C)CC3)nc2c(F)c1Br. The molecule has 4 heterocycles. The van der Waals surface area contributed by atoms with Crippen LogP contribution >= 0.6 is 15.9 Å². The molecule has 37 heavy (non-hydrogen) atoms. The van der Waals surface area contributed by atoms with Crippen LogP contribution in [-0.4, -0.2) is 77.8 Å². The highest BCUT2D eigenvalue weighted by Gasteiger charge is 2.48. The highest BCUT2D eigenvalue weighted by Crippen LogP contribution is 2.43. The summed E-state index contributed by atoms with van der Waals surface area (Å²) in [6, 6.07) is 1.95. The van der Waals surface area contributed by atoms with Gasteiger partial charge in [-0.15, -0.1) is 0 Å². The smallest absolute Gasteiger partial charge is 0.410 e. The summed E-state index contributed by atoms with van der Waals surface area (Å²) in [6.45, 7) is 14.6. The number of carbonyl (C=O) groups excluding carboxylic acids is 1. The van der Waals surface area contributed by atoms with Gasteiger partial charge in [-0.3, -0.25) is 0 Å². The summed E-state index contributed by atoms with van der Waals surface area (Å²) in [5.74, 6) is 1.42. The molecule has 0 radical (unpaired) electrons. The van der Waals surface area contributed by atoms with Gasteiger partial charge >= 0.3 is 6.09 Å². The second-order valence-corrected chi connectivity index (χ2v) is 12.8. The molecule has 3 aliphatic rings. The van der Waals surface area contributed by atoms with E-state index in [0.717, 1.165) is 82.0 Å². The van der Waals surface area contributed by atoms with Crippen LogP contribution in [0.5, 0.6) is 0 Å². The lowest BCUT2D eigenvalue weighted by Gasteiger charge is -2.53. The number of nitrogens with zero attached hydrogens (tertiary/aromatic N) is 5. The van der Waals surface area contributed by atoms with Gasteiger partial charge in [0.2, 0.25) is 0 Å². The average Bonchev–Trinajstić information content (AvgIpc) is 2.83. The Morgan fingerprint density at radius 2 is 1.84 bits per heavy atom. The quantitative estimate of drug-likeness (QED) is 0.461. The molecule has 7 nitrogen and oxygen atoms in total. The standard InChI is InChI=1S/C28H37BrFN5O2/c1-6-18-15-20-23(22(30)21(18)29)31-24(19-7-11-33(5)12-8-19)32-25(20)34-13-9-28(10-14-34)16-35(17-28)26(36)37-27(2,3)4/h6,15,19H,1,7-14,16-17H2,2-5H3. The molecule has 3 fully saturated rings. The first kappa shape index (κ1) is 26.4. The Morgan fingerprint density at radius 1 is 1.19 bits per heavy atom. The number of benzene rings is 1. The van der Waals surface area contributed by atoms with E-state index in [2.05, 4.69) is 39.4 Å². The highest BCUT2D eigenvalue weighted by molar-refractivity contribution is 9.10. The molecule has 1 amide bonds. The normalized spacial score (nSPS) is 20.8. The van der Waals surface area contributed by atoms with Crippen LogP contribution in [0.2, 0.25) is 0 Å². The van der Waals surface area contributed by atoms with Gasteiger partial charge < -0.3 is 19.4 Å². The fourth-order valence-corrected chi connectivity index (χ4v) is 6.26. The average molecular weight is 575 g/mol. The van der Waals surface area contributed by atoms with Crippen LogP contribution in [0.1, 0.15) is 63.8 Å². The van der Waals surface area contributed by atoms with Crippen molar-refractivity contribution in [3.63, 3.8) is 0 Å². The Balaban J connectivity index is 1.40. The van der Waals surface area contributed by atoms with Crippen molar-refractivity contribution in [1.82, 2.24) is 19.8 Å². The number of anilines is 1. The minimum absolute atomic E-state index is 0.119. The Kier molecular flexibility index (Phi) is 6.98. The first-order valence-corrected chi connectivity index (χ1v) is 14.0. The van der Waals surface area contributed by atoms with Gasteiger partial charge in [0.1, 0.15) is 22.8 Å². The van der Waals surface area contributed by atoms with E-state index >= 15 is 4.39 Å². The Hall–Kier alpha value is -2.26. The van der Waals surface area contributed by atoms with Crippen molar-refractivity contribution in [2.45, 2.75) is 58.0 Å². The molecule has 3 aliphatic heterocycles. The molecule has 200 valence electrons. The number of ether oxygens (including phenoxy) is 1. The number of halogens is 2. The molecular weight excluding hydrogens is 537 g/mol. The zero-order valence-electron chi connectivity index (χ0n) is 22.3. The number of hydrogen-bond acceptors (Lipinski definition) is 6. The summed E-state index contributed by atoms with van der Waals surface area (Å²) < 4.78 is 21.5. The number of aromatic nitrogens is 2. The topological polar surface area (TPSA) is 61.8 Å². The number of likely N-dealkylation sites (tertiary alicyclic amines) is 2. The van der Waals surface area contributed by atoms with Crippen molar-refractivity contribution in [2.75, 3.05) is 51.2 Å². The van der Waals surface area contributed by atoms with Crippen LogP contribution in [-0.2, 0) is 4.74 Å². The largest absolute Gasteiger partial charge is 0.444 e. The lowest BCUT2D eigenvalue weighted by Crippen LogP contribution is -2.62. The van der Waals surface area contributed by atoms with E-state index in [1.807, 2.05) is 31.7 Å². The van der Waals surface area contributed by atoms with E-state index in [0.29, 0.717) is 15.6 Å². The minimum atomic E-state index is -0.489. The van der Waals surface area contributed by atoms with Crippen molar-refractivity contribution < 1.29 is 13.9 Å². The zero-order chi connectivity index (χ0) is 26.5. The molecule has 1 aromatic carbocycles. The molecule has 1 aromatic heterocycles. The molecule has 0 aliphatic carbocycles. The van der Waals surface area contributed by atoms with Gasteiger partial charge in [-0.1, -0.05) is 12.7 Å². The lowest BCUT2D eigenvalue weighted by molar-refractivity contribution is -0.0434. The first-order chi connectivity index (χ1) is 17.5. The van der Waals surface area contributed by atoms with Gasteiger partial charge in [0.25, 0.3) is 0 Å². The van der Waals surface area contributed by atoms with E-state index in [4.69, 9.17) is 14.7 Å². The number of carbonyl (C=O) groups is 1.